The van der Waals surface area contributed by atoms with E-state index in [9.17, 15) is 4.79 Å². The smallest absolute Gasteiger partial charge is 0.356 e. The van der Waals surface area contributed by atoms with Crippen LogP contribution >= 0.6 is 11.6 Å². The minimum absolute atomic E-state index is 0.0986. The van der Waals surface area contributed by atoms with E-state index in [1.807, 2.05) is 25.1 Å². The highest BCUT2D eigenvalue weighted by Gasteiger charge is 2.12. The molecule has 0 saturated carbocycles. The maximum Gasteiger partial charge on any atom is 0.356 e. The average Bonchev–Trinajstić information content (AvgIpc) is 2.16. The van der Waals surface area contributed by atoms with Crippen LogP contribution < -0.4 is 0 Å². The van der Waals surface area contributed by atoms with Crippen LogP contribution in [-0.4, -0.2) is 16.1 Å². The topological polar surface area (TPSA) is 50.2 Å². The van der Waals surface area contributed by atoms with Crippen molar-refractivity contribution in [2.45, 2.75) is 6.92 Å². The second-order valence-corrected chi connectivity index (χ2v) is 3.68. The Morgan fingerprint density at radius 1 is 1.47 bits per heavy atom. The van der Waals surface area contributed by atoms with Gasteiger partial charge in [0, 0.05) is 5.39 Å². The largest absolute Gasteiger partial charge is 0.476 e. The summed E-state index contributed by atoms with van der Waals surface area (Å²) in [6, 6.07) is 7.25. The molecule has 0 spiro atoms. The predicted octanol–water partition coefficient (Wildman–Crippen LogP) is 2.89. The number of nitrogens with zero attached hydrogens (tertiary/aromatic N) is 1. The molecular weight excluding hydrogens is 214 g/mol. The van der Waals surface area contributed by atoms with E-state index in [-0.39, 0.29) is 10.7 Å². The van der Waals surface area contributed by atoms with E-state index < -0.39 is 5.97 Å². The lowest BCUT2D eigenvalue weighted by molar-refractivity contribution is 0.0691. The molecule has 0 unspecified atom stereocenters. The number of fused-ring (bicyclic) bond motifs is 1. The van der Waals surface area contributed by atoms with Crippen LogP contribution in [0.1, 0.15) is 16.1 Å². The van der Waals surface area contributed by atoms with Gasteiger partial charge in [-0.3, -0.25) is 0 Å². The summed E-state index contributed by atoms with van der Waals surface area (Å²) in [6.07, 6.45) is 0. The standard InChI is InChI=1S/C11H8ClNO2/c1-6-3-2-4-7-5-8(12)10(11(14)15)13-9(6)7/h2-5H,1H3,(H,14,15). The number of aromatic nitrogens is 1. The van der Waals surface area contributed by atoms with Gasteiger partial charge in [0.1, 0.15) is 0 Å². The Kier molecular flexibility index (Phi) is 2.32. The average molecular weight is 222 g/mol. The van der Waals surface area contributed by atoms with Crippen LogP contribution in [0, 0.1) is 6.92 Å². The summed E-state index contributed by atoms with van der Waals surface area (Å²) in [4.78, 5) is 14.9. The number of benzene rings is 1. The minimum Gasteiger partial charge on any atom is -0.476 e. The molecule has 0 aliphatic rings. The zero-order chi connectivity index (χ0) is 11.0. The maximum absolute atomic E-state index is 10.8. The number of aromatic carboxylic acids is 1. The third kappa shape index (κ3) is 1.66. The number of carbonyl (C=O) groups is 1. The third-order valence-corrected chi connectivity index (χ3v) is 2.49. The van der Waals surface area contributed by atoms with Gasteiger partial charge in [-0.1, -0.05) is 29.8 Å². The van der Waals surface area contributed by atoms with Crippen molar-refractivity contribution >= 4 is 28.5 Å². The molecule has 0 atom stereocenters. The van der Waals surface area contributed by atoms with Crippen LogP contribution in [0.2, 0.25) is 5.02 Å². The van der Waals surface area contributed by atoms with Gasteiger partial charge in [0.15, 0.2) is 5.69 Å². The normalized spacial score (nSPS) is 10.5. The minimum atomic E-state index is -1.11. The number of hydrogen-bond acceptors (Lipinski definition) is 2. The molecule has 0 radical (unpaired) electrons. The summed E-state index contributed by atoms with van der Waals surface area (Å²) in [5.41, 5.74) is 1.52. The van der Waals surface area contributed by atoms with Gasteiger partial charge in [0.2, 0.25) is 0 Å². The van der Waals surface area contributed by atoms with Crippen molar-refractivity contribution in [3.8, 4) is 0 Å². The fourth-order valence-corrected chi connectivity index (χ4v) is 1.71. The molecule has 0 aliphatic heterocycles. The lowest BCUT2D eigenvalue weighted by atomic mass is 10.1. The summed E-state index contributed by atoms with van der Waals surface area (Å²) in [7, 11) is 0. The van der Waals surface area contributed by atoms with Crippen LogP contribution in [0.15, 0.2) is 24.3 Å². The zero-order valence-corrected chi connectivity index (χ0v) is 8.75. The van der Waals surface area contributed by atoms with Crippen molar-refractivity contribution in [2.75, 3.05) is 0 Å². The fraction of sp³-hybridized carbons (Fsp3) is 0.0909. The summed E-state index contributed by atoms with van der Waals surface area (Å²) in [6.45, 7) is 1.88. The van der Waals surface area contributed by atoms with Gasteiger partial charge < -0.3 is 5.11 Å². The molecule has 0 bridgehead atoms. The van der Waals surface area contributed by atoms with Gasteiger partial charge in [0.25, 0.3) is 0 Å². The van der Waals surface area contributed by atoms with E-state index >= 15 is 0 Å². The van der Waals surface area contributed by atoms with Gasteiger partial charge in [-0.15, -0.1) is 0 Å². The van der Waals surface area contributed by atoms with Crippen molar-refractivity contribution in [3.05, 3.63) is 40.5 Å². The molecule has 15 heavy (non-hydrogen) atoms. The number of pyridine rings is 1. The SMILES string of the molecule is Cc1cccc2cc(Cl)c(C(=O)O)nc12. The Morgan fingerprint density at radius 3 is 2.87 bits per heavy atom. The summed E-state index contributed by atoms with van der Waals surface area (Å²) in [5.74, 6) is -1.11. The number of hydrogen-bond donors (Lipinski definition) is 1. The molecule has 0 aliphatic carbocycles. The van der Waals surface area contributed by atoms with E-state index in [0.717, 1.165) is 10.9 Å². The Hall–Kier alpha value is -1.61. The number of para-hydroxylation sites is 1. The van der Waals surface area contributed by atoms with E-state index in [4.69, 9.17) is 16.7 Å². The van der Waals surface area contributed by atoms with Gasteiger partial charge in [0.05, 0.1) is 10.5 Å². The molecule has 0 fully saturated rings. The van der Waals surface area contributed by atoms with Crippen LogP contribution in [0.3, 0.4) is 0 Å². The highest BCUT2D eigenvalue weighted by atomic mass is 35.5. The van der Waals surface area contributed by atoms with Crippen LogP contribution in [0.25, 0.3) is 10.9 Å². The molecule has 1 heterocycles. The second-order valence-electron chi connectivity index (χ2n) is 3.27. The summed E-state index contributed by atoms with van der Waals surface area (Å²) < 4.78 is 0. The Bertz CT molecular complexity index is 552. The Balaban J connectivity index is 2.83. The first-order chi connectivity index (χ1) is 7.09. The van der Waals surface area contributed by atoms with E-state index in [2.05, 4.69) is 4.98 Å². The fourth-order valence-electron chi connectivity index (χ4n) is 1.47. The van der Waals surface area contributed by atoms with Crippen molar-refractivity contribution in [1.29, 1.82) is 0 Å². The molecule has 1 aromatic heterocycles. The first kappa shape index (κ1) is 9.93. The third-order valence-electron chi connectivity index (χ3n) is 2.20. The summed E-state index contributed by atoms with van der Waals surface area (Å²) in [5, 5.41) is 9.89. The first-order valence-electron chi connectivity index (χ1n) is 4.39. The maximum atomic E-state index is 10.8. The molecule has 0 amide bonds. The number of halogens is 1. The lowest BCUT2D eigenvalue weighted by Crippen LogP contribution is -2.02. The van der Waals surface area contributed by atoms with Gasteiger partial charge in [-0.25, -0.2) is 9.78 Å². The van der Waals surface area contributed by atoms with Crippen molar-refractivity contribution in [2.24, 2.45) is 0 Å². The molecule has 4 heteroatoms. The lowest BCUT2D eigenvalue weighted by Gasteiger charge is -2.04. The predicted molar refractivity (Wildman–Crippen MR) is 58.4 cm³/mol. The van der Waals surface area contributed by atoms with E-state index in [0.29, 0.717) is 5.52 Å². The second kappa shape index (κ2) is 3.51. The van der Waals surface area contributed by atoms with Crippen molar-refractivity contribution in [1.82, 2.24) is 4.98 Å². The molecule has 2 aromatic rings. The summed E-state index contributed by atoms with van der Waals surface area (Å²) >= 11 is 5.81. The van der Waals surface area contributed by atoms with Crippen LogP contribution in [-0.2, 0) is 0 Å². The molecule has 76 valence electrons. The monoisotopic (exact) mass is 221 g/mol. The number of aryl methyl sites for hydroxylation is 1. The number of rotatable bonds is 1. The van der Waals surface area contributed by atoms with Crippen molar-refractivity contribution in [3.63, 3.8) is 0 Å². The Labute approximate surface area is 91.3 Å². The molecular formula is C11H8ClNO2. The van der Waals surface area contributed by atoms with Crippen LogP contribution in [0.4, 0.5) is 0 Å². The van der Waals surface area contributed by atoms with Crippen molar-refractivity contribution < 1.29 is 9.90 Å². The first-order valence-corrected chi connectivity index (χ1v) is 4.76. The van der Waals surface area contributed by atoms with Crippen LogP contribution in [0.5, 0.6) is 0 Å². The van der Waals surface area contributed by atoms with Gasteiger partial charge >= 0.3 is 5.97 Å². The molecule has 3 nitrogen and oxygen atoms in total. The van der Waals surface area contributed by atoms with Gasteiger partial charge in [-0.05, 0) is 18.6 Å². The van der Waals surface area contributed by atoms with Gasteiger partial charge in [-0.2, -0.15) is 0 Å². The zero-order valence-electron chi connectivity index (χ0n) is 7.99. The number of carboxylic acid groups (broad SMARTS) is 1. The Morgan fingerprint density at radius 2 is 2.20 bits per heavy atom. The van der Waals surface area contributed by atoms with E-state index in [1.165, 1.54) is 0 Å². The number of carboxylic acids is 1. The molecule has 2 rings (SSSR count). The highest BCUT2D eigenvalue weighted by molar-refractivity contribution is 6.33. The molecule has 0 saturated heterocycles. The van der Waals surface area contributed by atoms with E-state index in [1.54, 1.807) is 6.07 Å². The molecule has 1 N–H and O–H groups in total. The highest BCUT2D eigenvalue weighted by Crippen LogP contribution is 2.22. The molecule has 1 aromatic carbocycles. The quantitative estimate of drug-likeness (QED) is 0.806.